The fourth-order valence-electron chi connectivity index (χ4n) is 3.84. The molecule has 0 saturated carbocycles. The second kappa shape index (κ2) is 8.84. The van der Waals surface area contributed by atoms with E-state index in [9.17, 15) is 8.42 Å². The molecule has 3 aromatic rings. The third-order valence-electron chi connectivity index (χ3n) is 5.67. The molecule has 1 aliphatic heterocycles. The number of nitrogens with zero attached hydrogens (tertiary/aromatic N) is 4. The van der Waals surface area contributed by atoms with Crippen LogP contribution in [0.15, 0.2) is 53.6 Å². The van der Waals surface area contributed by atoms with Crippen LogP contribution >= 0.6 is 11.6 Å². The summed E-state index contributed by atoms with van der Waals surface area (Å²) in [6, 6.07) is 12.0. The van der Waals surface area contributed by atoms with Crippen LogP contribution in [0.25, 0.3) is 5.69 Å². The second-order valence-corrected chi connectivity index (χ2v) is 11.3. The normalized spacial score (nSPS) is 15.2. The molecular weight excluding hydrogens is 446 g/mol. The van der Waals surface area contributed by atoms with Crippen molar-refractivity contribution in [2.24, 2.45) is 0 Å². The Hall–Kier alpha value is -2.42. The maximum Gasteiger partial charge on any atom is 0.261 e. The maximum atomic E-state index is 13.1. The number of aromatic nitrogens is 3. The van der Waals surface area contributed by atoms with E-state index in [1.165, 1.54) is 12.8 Å². The van der Waals surface area contributed by atoms with Gasteiger partial charge in [0, 0.05) is 11.6 Å². The lowest BCUT2D eigenvalue weighted by Crippen LogP contribution is -2.21. The highest BCUT2D eigenvalue weighted by Crippen LogP contribution is 2.29. The molecule has 32 heavy (non-hydrogen) atoms. The largest absolute Gasteiger partial charge is 0.297 e. The van der Waals surface area contributed by atoms with Crippen LogP contribution in [0, 0.1) is 0 Å². The molecule has 1 saturated heterocycles. The Morgan fingerprint density at radius 1 is 1.06 bits per heavy atom. The Labute approximate surface area is 194 Å². The highest BCUT2D eigenvalue weighted by atomic mass is 35.5. The van der Waals surface area contributed by atoms with Gasteiger partial charge < -0.3 is 0 Å². The van der Waals surface area contributed by atoms with Crippen molar-refractivity contribution in [2.45, 2.75) is 50.5 Å². The van der Waals surface area contributed by atoms with Gasteiger partial charge in [0.25, 0.3) is 10.0 Å². The van der Waals surface area contributed by atoms with Crippen molar-refractivity contribution in [1.82, 2.24) is 19.9 Å². The van der Waals surface area contributed by atoms with Gasteiger partial charge in [-0.1, -0.05) is 49.7 Å². The Morgan fingerprint density at radius 2 is 1.75 bits per heavy atom. The van der Waals surface area contributed by atoms with Crippen LogP contribution in [0.2, 0.25) is 5.02 Å². The first-order valence-electron chi connectivity index (χ1n) is 10.7. The number of likely N-dealkylation sites (tertiary alicyclic amines) is 1. The molecule has 1 aromatic heterocycles. The van der Waals surface area contributed by atoms with E-state index < -0.39 is 10.0 Å². The number of nitrogens with one attached hydrogen (secondary N) is 1. The summed E-state index contributed by atoms with van der Waals surface area (Å²) < 4.78 is 30.6. The average molecular weight is 474 g/mol. The highest BCUT2D eigenvalue weighted by Gasteiger charge is 2.21. The van der Waals surface area contributed by atoms with Crippen LogP contribution in [-0.4, -0.2) is 41.4 Å². The van der Waals surface area contributed by atoms with Crippen LogP contribution in [0.1, 0.15) is 44.9 Å². The van der Waals surface area contributed by atoms with Crippen molar-refractivity contribution in [3.05, 3.63) is 64.9 Å². The average Bonchev–Trinajstić information content (AvgIpc) is 3.41. The summed E-state index contributed by atoms with van der Waals surface area (Å²) in [5.41, 5.74) is 2.82. The monoisotopic (exact) mass is 473 g/mol. The number of hydrogen-bond donors (Lipinski definition) is 1. The van der Waals surface area contributed by atoms with Gasteiger partial charge in [-0.3, -0.25) is 9.62 Å². The molecule has 2 aromatic carbocycles. The van der Waals surface area contributed by atoms with Gasteiger partial charge >= 0.3 is 0 Å². The van der Waals surface area contributed by atoms with Gasteiger partial charge in [0.05, 0.1) is 28.2 Å². The quantitative estimate of drug-likeness (QED) is 0.565. The molecule has 170 valence electrons. The van der Waals surface area contributed by atoms with E-state index in [1.54, 1.807) is 41.2 Å². The number of rotatable bonds is 6. The van der Waals surface area contributed by atoms with Crippen molar-refractivity contribution in [1.29, 1.82) is 0 Å². The first kappa shape index (κ1) is 22.8. The van der Waals surface area contributed by atoms with Gasteiger partial charge in [-0.15, -0.1) is 5.10 Å². The van der Waals surface area contributed by atoms with Gasteiger partial charge in [-0.25, -0.2) is 13.1 Å². The molecule has 0 atom stereocenters. The standard InChI is InChI=1S/C23H28ClN5O2S/c1-23(2,3)17-6-9-20(10-7-17)32(30,31)26-21-11-8-18(24)14-22(21)29-19(15-25-27-29)16-28-12-4-5-13-28/h6-11,14-15,26H,4-5,12-13,16H2,1-3H3. The number of anilines is 1. The van der Waals surface area contributed by atoms with Gasteiger partial charge in [0.1, 0.15) is 0 Å². The predicted molar refractivity (Wildman–Crippen MR) is 127 cm³/mol. The third-order valence-corrected chi connectivity index (χ3v) is 7.28. The van der Waals surface area contributed by atoms with E-state index >= 15 is 0 Å². The first-order valence-corrected chi connectivity index (χ1v) is 12.5. The number of benzene rings is 2. The van der Waals surface area contributed by atoms with Crippen molar-refractivity contribution in [2.75, 3.05) is 17.8 Å². The summed E-state index contributed by atoms with van der Waals surface area (Å²) in [7, 11) is -3.80. The second-order valence-electron chi connectivity index (χ2n) is 9.16. The molecule has 1 aliphatic rings. The summed E-state index contributed by atoms with van der Waals surface area (Å²) in [5, 5.41) is 8.77. The minimum absolute atomic E-state index is 0.0576. The molecule has 0 bridgehead atoms. The van der Waals surface area contributed by atoms with Gasteiger partial charge in [-0.05, 0) is 67.2 Å². The van der Waals surface area contributed by atoms with Gasteiger partial charge in [-0.2, -0.15) is 0 Å². The zero-order valence-electron chi connectivity index (χ0n) is 18.5. The molecule has 1 N–H and O–H groups in total. The number of sulfonamides is 1. The van der Waals surface area contributed by atoms with Crippen molar-refractivity contribution < 1.29 is 8.42 Å². The Bertz CT molecular complexity index is 1190. The lowest BCUT2D eigenvalue weighted by Gasteiger charge is -2.20. The van der Waals surface area contributed by atoms with Crippen LogP contribution in [0.5, 0.6) is 0 Å². The van der Waals surface area contributed by atoms with Crippen LogP contribution in [-0.2, 0) is 22.0 Å². The summed E-state index contributed by atoms with van der Waals surface area (Å²) in [5.74, 6) is 0. The van der Waals surface area contributed by atoms with E-state index in [1.807, 2.05) is 12.1 Å². The molecule has 0 spiro atoms. The summed E-state index contributed by atoms with van der Waals surface area (Å²) in [6.07, 6.45) is 4.07. The predicted octanol–water partition coefficient (Wildman–Crippen LogP) is 4.61. The zero-order valence-corrected chi connectivity index (χ0v) is 20.1. The molecule has 9 heteroatoms. The Morgan fingerprint density at radius 3 is 2.41 bits per heavy atom. The smallest absolute Gasteiger partial charge is 0.261 e. The molecule has 2 heterocycles. The van der Waals surface area contributed by atoms with Crippen molar-refractivity contribution in [3.8, 4) is 5.69 Å². The fourth-order valence-corrected chi connectivity index (χ4v) is 5.08. The molecule has 0 amide bonds. The zero-order chi connectivity index (χ0) is 22.9. The topological polar surface area (TPSA) is 80.1 Å². The van der Waals surface area contributed by atoms with Crippen LogP contribution < -0.4 is 4.72 Å². The van der Waals surface area contributed by atoms with Crippen LogP contribution in [0.4, 0.5) is 5.69 Å². The lowest BCUT2D eigenvalue weighted by molar-refractivity contribution is 0.324. The van der Waals surface area contributed by atoms with Gasteiger partial charge in [0.2, 0.25) is 0 Å². The SMILES string of the molecule is CC(C)(C)c1ccc(S(=O)(=O)Nc2ccc(Cl)cc2-n2nncc2CN2CCCC2)cc1. The third kappa shape index (κ3) is 4.98. The molecule has 1 fully saturated rings. The molecule has 0 unspecified atom stereocenters. The molecule has 0 radical (unpaired) electrons. The number of halogens is 1. The van der Waals surface area contributed by atoms with E-state index in [-0.39, 0.29) is 10.3 Å². The minimum atomic E-state index is -3.80. The van der Waals surface area contributed by atoms with E-state index in [0.717, 1.165) is 24.3 Å². The summed E-state index contributed by atoms with van der Waals surface area (Å²) >= 11 is 6.26. The number of hydrogen-bond acceptors (Lipinski definition) is 5. The van der Waals surface area contributed by atoms with E-state index in [4.69, 9.17) is 11.6 Å². The lowest BCUT2D eigenvalue weighted by atomic mass is 9.87. The Kier molecular flexibility index (Phi) is 6.29. The summed E-state index contributed by atoms with van der Waals surface area (Å²) in [4.78, 5) is 2.53. The molecule has 7 nitrogen and oxygen atoms in total. The van der Waals surface area contributed by atoms with Crippen LogP contribution in [0.3, 0.4) is 0 Å². The maximum absolute atomic E-state index is 13.1. The Balaban J connectivity index is 1.65. The minimum Gasteiger partial charge on any atom is -0.297 e. The van der Waals surface area contributed by atoms with Crippen molar-refractivity contribution >= 4 is 27.3 Å². The summed E-state index contributed by atoms with van der Waals surface area (Å²) in [6.45, 7) is 9.03. The molecular formula is C23H28ClN5O2S. The highest BCUT2D eigenvalue weighted by molar-refractivity contribution is 7.92. The first-order chi connectivity index (χ1) is 15.1. The fraction of sp³-hybridized carbons (Fsp3) is 0.391. The van der Waals surface area contributed by atoms with E-state index in [2.05, 4.69) is 40.7 Å². The van der Waals surface area contributed by atoms with E-state index in [0.29, 0.717) is 22.9 Å². The molecule has 0 aliphatic carbocycles. The van der Waals surface area contributed by atoms with Gasteiger partial charge in [0.15, 0.2) is 0 Å². The van der Waals surface area contributed by atoms with Crippen molar-refractivity contribution in [3.63, 3.8) is 0 Å². The molecule has 4 rings (SSSR count).